The molecule has 3 aromatic carbocycles. The van der Waals surface area contributed by atoms with Gasteiger partial charge in [-0.1, -0.05) is 59.1 Å². The smallest absolute Gasteiger partial charge is 0.307 e. The van der Waals surface area contributed by atoms with Gasteiger partial charge in [-0.3, -0.25) is 14.4 Å². The fraction of sp³-hybridized carbons (Fsp3) is 0.0870. The summed E-state index contributed by atoms with van der Waals surface area (Å²) in [4.78, 5) is 38.2. The highest BCUT2D eigenvalue weighted by Crippen LogP contribution is 2.40. The number of amides is 2. The Morgan fingerprint density at radius 2 is 1.59 bits per heavy atom. The fourth-order valence-corrected chi connectivity index (χ4v) is 4.14. The van der Waals surface area contributed by atoms with Gasteiger partial charge < -0.3 is 9.84 Å². The lowest BCUT2D eigenvalue weighted by Crippen LogP contribution is -2.29. The first-order chi connectivity index (χ1) is 15.3. The van der Waals surface area contributed by atoms with Gasteiger partial charge in [0.1, 0.15) is 12.4 Å². The average molecular weight is 491 g/mol. The molecular weight excluding hydrogens is 477 g/mol. The molecular formula is C23H14Cl3NO5. The van der Waals surface area contributed by atoms with Crippen LogP contribution in [-0.2, 0) is 17.8 Å². The summed E-state index contributed by atoms with van der Waals surface area (Å²) in [6, 6.07) is 14.4. The minimum atomic E-state index is -1.03. The molecule has 9 heteroatoms. The summed E-state index contributed by atoms with van der Waals surface area (Å²) in [7, 11) is 0. The Morgan fingerprint density at radius 3 is 2.28 bits per heavy atom. The zero-order chi connectivity index (χ0) is 23.0. The second-order valence-corrected chi connectivity index (χ2v) is 8.20. The lowest BCUT2D eigenvalue weighted by Gasteiger charge is -2.16. The number of benzene rings is 3. The SMILES string of the molecule is O=C(O)Cc1ccc(N2C(=O)c3c(Cl)ccc(OCc4ccccc4Cl)c3C2=O)c(Cl)c1. The molecule has 32 heavy (non-hydrogen) atoms. The van der Waals surface area contributed by atoms with Crippen LogP contribution in [0.2, 0.25) is 15.1 Å². The van der Waals surface area contributed by atoms with Crippen molar-refractivity contribution < 1.29 is 24.2 Å². The summed E-state index contributed by atoms with van der Waals surface area (Å²) >= 11 is 18.7. The van der Waals surface area contributed by atoms with Crippen molar-refractivity contribution in [2.45, 2.75) is 13.0 Å². The highest BCUT2D eigenvalue weighted by Gasteiger charge is 2.42. The van der Waals surface area contributed by atoms with E-state index in [1.54, 1.807) is 18.2 Å². The maximum absolute atomic E-state index is 13.3. The van der Waals surface area contributed by atoms with Crippen molar-refractivity contribution in [1.29, 1.82) is 0 Å². The molecule has 0 aliphatic carbocycles. The number of ether oxygens (including phenoxy) is 1. The van der Waals surface area contributed by atoms with Crippen LogP contribution in [0, 0.1) is 0 Å². The van der Waals surface area contributed by atoms with Crippen molar-refractivity contribution in [3.05, 3.63) is 91.9 Å². The molecule has 0 saturated carbocycles. The van der Waals surface area contributed by atoms with E-state index in [1.807, 2.05) is 6.07 Å². The van der Waals surface area contributed by atoms with Crippen molar-refractivity contribution in [3.8, 4) is 5.75 Å². The quantitative estimate of drug-likeness (QED) is 0.451. The summed E-state index contributed by atoms with van der Waals surface area (Å²) < 4.78 is 5.83. The molecule has 2 amide bonds. The number of imide groups is 1. The van der Waals surface area contributed by atoms with E-state index in [0.29, 0.717) is 16.1 Å². The molecule has 1 N–H and O–H groups in total. The van der Waals surface area contributed by atoms with Crippen molar-refractivity contribution in [1.82, 2.24) is 0 Å². The monoisotopic (exact) mass is 489 g/mol. The number of carbonyl (C=O) groups is 3. The third kappa shape index (κ3) is 4.05. The lowest BCUT2D eigenvalue weighted by atomic mass is 10.1. The number of hydrogen-bond acceptors (Lipinski definition) is 4. The zero-order valence-corrected chi connectivity index (χ0v) is 18.5. The highest BCUT2D eigenvalue weighted by atomic mass is 35.5. The van der Waals surface area contributed by atoms with Crippen LogP contribution in [0.15, 0.2) is 54.6 Å². The summed E-state index contributed by atoms with van der Waals surface area (Å²) in [5, 5.41) is 9.63. The van der Waals surface area contributed by atoms with Gasteiger partial charge in [0.05, 0.1) is 33.3 Å². The van der Waals surface area contributed by atoms with Gasteiger partial charge in [-0.25, -0.2) is 4.90 Å². The van der Waals surface area contributed by atoms with Crippen molar-refractivity contribution in [2.75, 3.05) is 4.90 Å². The Hall–Kier alpha value is -3.06. The van der Waals surface area contributed by atoms with E-state index in [2.05, 4.69) is 0 Å². The molecule has 3 aromatic rings. The van der Waals surface area contributed by atoms with Gasteiger partial charge in [0.2, 0.25) is 0 Å². The van der Waals surface area contributed by atoms with Gasteiger partial charge in [-0.2, -0.15) is 0 Å². The van der Waals surface area contributed by atoms with Crippen molar-refractivity contribution in [3.63, 3.8) is 0 Å². The maximum Gasteiger partial charge on any atom is 0.307 e. The third-order valence-electron chi connectivity index (χ3n) is 4.90. The summed E-state index contributed by atoms with van der Waals surface area (Å²) in [6.45, 7) is 0.0832. The van der Waals surface area contributed by atoms with E-state index < -0.39 is 17.8 Å². The standard InChI is InChI=1S/C23H14Cl3NO5/c24-14-4-2-1-3-13(14)11-32-18-8-6-15(25)20-21(18)23(31)27(22(20)30)17-7-5-12(9-16(17)26)10-19(28)29/h1-9H,10-11H2,(H,28,29). The first kappa shape index (κ1) is 22.1. The molecule has 1 aliphatic rings. The molecule has 0 spiro atoms. The molecule has 1 heterocycles. The number of aliphatic carboxylic acids is 1. The Kier molecular flexibility index (Phi) is 6.11. The summed E-state index contributed by atoms with van der Waals surface area (Å²) in [6.07, 6.45) is -0.242. The number of carboxylic acid groups (broad SMARTS) is 1. The van der Waals surface area contributed by atoms with Gasteiger partial charge >= 0.3 is 5.97 Å². The largest absolute Gasteiger partial charge is 0.488 e. The van der Waals surface area contributed by atoms with Crippen LogP contribution >= 0.6 is 34.8 Å². The van der Waals surface area contributed by atoms with Gasteiger partial charge in [-0.05, 0) is 35.9 Å². The third-order valence-corrected chi connectivity index (χ3v) is 5.89. The average Bonchev–Trinajstić information content (AvgIpc) is 3.00. The molecule has 4 rings (SSSR count). The molecule has 0 aromatic heterocycles. The summed E-state index contributed by atoms with van der Waals surface area (Å²) in [5.41, 5.74) is 1.31. The summed E-state index contributed by atoms with van der Waals surface area (Å²) in [5.74, 6) is -2.13. The minimum absolute atomic E-state index is 0.0130. The first-order valence-corrected chi connectivity index (χ1v) is 10.5. The number of carboxylic acids is 1. The molecule has 1 aliphatic heterocycles. The number of rotatable bonds is 6. The molecule has 0 unspecified atom stereocenters. The van der Waals surface area contributed by atoms with Gasteiger partial charge in [0, 0.05) is 10.6 Å². The van der Waals surface area contributed by atoms with Gasteiger partial charge in [0.15, 0.2) is 0 Å². The molecule has 0 atom stereocenters. The number of halogens is 3. The number of nitrogens with zero attached hydrogens (tertiary/aromatic N) is 1. The topological polar surface area (TPSA) is 83.9 Å². The van der Waals surface area contributed by atoms with Crippen LogP contribution in [0.5, 0.6) is 5.75 Å². The zero-order valence-electron chi connectivity index (χ0n) is 16.3. The van der Waals surface area contributed by atoms with Crippen molar-refractivity contribution in [2.24, 2.45) is 0 Å². The Morgan fingerprint density at radius 1 is 0.875 bits per heavy atom. The molecule has 0 saturated heterocycles. The molecule has 162 valence electrons. The molecule has 0 fully saturated rings. The van der Waals surface area contributed by atoms with Gasteiger partial charge in [-0.15, -0.1) is 0 Å². The van der Waals surface area contributed by atoms with E-state index in [1.165, 1.54) is 30.3 Å². The Bertz CT molecular complexity index is 1270. The van der Waals surface area contributed by atoms with Crippen LogP contribution in [-0.4, -0.2) is 22.9 Å². The normalized spacial score (nSPS) is 12.8. The molecule has 6 nitrogen and oxygen atoms in total. The lowest BCUT2D eigenvalue weighted by molar-refractivity contribution is -0.136. The second-order valence-electron chi connectivity index (χ2n) is 6.98. The van der Waals surface area contributed by atoms with E-state index in [4.69, 9.17) is 44.6 Å². The van der Waals surface area contributed by atoms with Crippen LogP contribution in [0.1, 0.15) is 31.8 Å². The van der Waals surface area contributed by atoms with E-state index in [9.17, 15) is 14.4 Å². The predicted molar refractivity (Wildman–Crippen MR) is 121 cm³/mol. The number of anilines is 1. The fourth-order valence-electron chi connectivity index (χ4n) is 3.42. The van der Waals surface area contributed by atoms with Crippen LogP contribution < -0.4 is 9.64 Å². The van der Waals surface area contributed by atoms with E-state index >= 15 is 0 Å². The maximum atomic E-state index is 13.3. The number of carbonyl (C=O) groups excluding carboxylic acids is 2. The van der Waals surface area contributed by atoms with E-state index in [-0.39, 0.29) is 45.6 Å². The van der Waals surface area contributed by atoms with E-state index in [0.717, 1.165) is 4.90 Å². The molecule has 0 radical (unpaired) electrons. The second kappa shape index (κ2) is 8.82. The number of hydrogen-bond donors (Lipinski definition) is 1. The highest BCUT2D eigenvalue weighted by molar-refractivity contribution is 6.44. The Labute approximate surface area is 197 Å². The molecule has 0 bridgehead atoms. The number of fused-ring (bicyclic) bond motifs is 1. The van der Waals surface area contributed by atoms with Gasteiger partial charge in [0.25, 0.3) is 11.8 Å². The van der Waals surface area contributed by atoms with Crippen molar-refractivity contribution >= 4 is 58.3 Å². The van der Waals surface area contributed by atoms with Crippen LogP contribution in [0.3, 0.4) is 0 Å². The Balaban J connectivity index is 1.69. The van der Waals surface area contributed by atoms with Crippen LogP contribution in [0.25, 0.3) is 0 Å². The predicted octanol–water partition coefficient (Wildman–Crippen LogP) is 5.65. The van der Waals surface area contributed by atoms with Crippen LogP contribution in [0.4, 0.5) is 5.69 Å². The first-order valence-electron chi connectivity index (χ1n) is 9.35. The minimum Gasteiger partial charge on any atom is -0.488 e.